The molecule has 0 saturated carbocycles. The predicted molar refractivity (Wildman–Crippen MR) is 79.5 cm³/mol. The van der Waals surface area contributed by atoms with Crippen LogP contribution in [0.1, 0.15) is 11.1 Å². The maximum atomic E-state index is 6.19. The summed E-state index contributed by atoms with van der Waals surface area (Å²) in [6.45, 7) is 4.13. The molecule has 0 spiro atoms. The molecule has 0 unspecified atom stereocenters. The number of fused-ring (bicyclic) bond motifs is 1. The smallest absolute Gasteiger partial charge is 0.140 e. The molecule has 0 amide bonds. The Kier molecular flexibility index (Phi) is 2.72. The molecule has 2 heterocycles. The van der Waals surface area contributed by atoms with Crippen LogP contribution >= 0.6 is 11.6 Å². The van der Waals surface area contributed by atoms with Crippen LogP contribution in [0.15, 0.2) is 36.4 Å². The van der Waals surface area contributed by atoms with Crippen molar-refractivity contribution in [1.82, 2.24) is 9.38 Å². The van der Waals surface area contributed by atoms with Gasteiger partial charge >= 0.3 is 0 Å². The molecule has 0 bridgehead atoms. The highest BCUT2D eigenvalue weighted by atomic mass is 35.5. The summed E-state index contributed by atoms with van der Waals surface area (Å²) in [5, 5.41) is 0.568. The number of pyridine rings is 1. The van der Waals surface area contributed by atoms with E-state index in [4.69, 9.17) is 17.3 Å². The lowest BCUT2D eigenvalue weighted by molar-refractivity contribution is 1.20. The summed E-state index contributed by atoms with van der Waals surface area (Å²) < 4.78 is 1.76. The van der Waals surface area contributed by atoms with Gasteiger partial charge in [-0.1, -0.05) is 41.4 Å². The van der Waals surface area contributed by atoms with Crippen molar-refractivity contribution in [1.29, 1.82) is 0 Å². The van der Waals surface area contributed by atoms with E-state index < -0.39 is 0 Å². The van der Waals surface area contributed by atoms with Crippen molar-refractivity contribution in [2.45, 2.75) is 13.8 Å². The number of nitrogens with zero attached hydrogens (tertiary/aromatic N) is 2. The minimum absolute atomic E-state index is 0.568. The molecule has 0 radical (unpaired) electrons. The molecule has 0 saturated heterocycles. The van der Waals surface area contributed by atoms with Crippen molar-refractivity contribution in [2.24, 2.45) is 0 Å². The highest BCUT2D eigenvalue weighted by molar-refractivity contribution is 6.30. The topological polar surface area (TPSA) is 43.3 Å². The summed E-state index contributed by atoms with van der Waals surface area (Å²) in [5.74, 6) is 0.576. The minimum Gasteiger partial charge on any atom is -0.383 e. The van der Waals surface area contributed by atoms with Gasteiger partial charge in [-0.25, -0.2) is 4.98 Å². The number of nitrogen functional groups attached to an aromatic ring is 1. The third-order valence-corrected chi connectivity index (χ3v) is 3.56. The third-order valence-electron chi connectivity index (χ3n) is 3.27. The predicted octanol–water partition coefficient (Wildman–Crippen LogP) is 3.85. The number of rotatable bonds is 1. The fourth-order valence-corrected chi connectivity index (χ4v) is 2.60. The highest BCUT2D eigenvalue weighted by Gasteiger charge is 2.14. The summed E-state index contributed by atoms with van der Waals surface area (Å²) in [5.41, 5.74) is 11.2. The van der Waals surface area contributed by atoms with Gasteiger partial charge in [0.1, 0.15) is 22.3 Å². The van der Waals surface area contributed by atoms with Crippen LogP contribution in [0, 0.1) is 13.8 Å². The second-order valence-corrected chi connectivity index (χ2v) is 5.09. The van der Waals surface area contributed by atoms with Crippen LogP contribution in [0.2, 0.25) is 5.15 Å². The van der Waals surface area contributed by atoms with E-state index in [0.717, 1.165) is 22.5 Å². The van der Waals surface area contributed by atoms with Crippen LogP contribution in [0.4, 0.5) is 5.82 Å². The van der Waals surface area contributed by atoms with Crippen molar-refractivity contribution >= 4 is 23.1 Å². The van der Waals surface area contributed by atoms with Crippen molar-refractivity contribution < 1.29 is 0 Å². The molecule has 3 rings (SSSR count). The number of aromatic nitrogens is 2. The standard InChI is InChI=1S/C15H14ClN3/c1-9-6-7-11(10(2)8-9)14-15(17)19-12(16)4-3-5-13(19)18-14/h3-8H,17H2,1-2H3. The maximum Gasteiger partial charge on any atom is 0.140 e. The number of imidazole rings is 1. The Morgan fingerprint density at radius 2 is 1.95 bits per heavy atom. The summed E-state index contributed by atoms with van der Waals surface area (Å²) >= 11 is 6.17. The zero-order chi connectivity index (χ0) is 13.6. The molecule has 0 aliphatic rings. The number of halogens is 1. The van der Waals surface area contributed by atoms with Crippen LogP contribution in [-0.4, -0.2) is 9.38 Å². The number of hydrogen-bond donors (Lipinski definition) is 1. The van der Waals surface area contributed by atoms with Gasteiger partial charge in [-0.15, -0.1) is 0 Å². The summed E-state index contributed by atoms with van der Waals surface area (Å²) in [6, 6.07) is 11.8. The number of aryl methyl sites for hydroxylation is 2. The van der Waals surface area contributed by atoms with E-state index in [9.17, 15) is 0 Å². The second kappa shape index (κ2) is 4.28. The molecule has 3 nitrogen and oxygen atoms in total. The molecule has 3 aromatic rings. The molecule has 96 valence electrons. The molecule has 4 heteroatoms. The first-order chi connectivity index (χ1) is 9.08. The zero-order valence-corrected chi connectivity index (χ0v) is 11.6. The highest BCUT2D eigenvalue weighted by Crippen LogP contribution is 2.31. The van der Waals surface area contributed by atoms with Crippen molar-refractivity contribution in [3.05, 3.63) is 52.7 Å². The van der Waals surface area contributed by atoms with E-state index in [0.29, 0.717) is 11.0 Å². The minimum atomic E-state index is 0.568. The molecule has 2 N–H and O–H groups in total. The van der Waals surface area contributed by atoms with Gasteiger partial charge < -0.3 is 5.73 Å². The van der Waals surface area contributed by atoms with E-state index in [2.05, 4.69) is 37.0 Å². The average Bonchev–Trinajstić information content (AvgIpc) is 2.68. The Balaban J connectivity index is 2.31. The number of anilines is 1. The summed E-state index contributed by atoms with van der Waals surface area (Å²) in [7, 11) is 0. The van der Waals surface area contributed by atoms with Crippen molar-refractivity contribution in [3.8, 4) is 11.3 Å². The van der Waals surface area contributed by atoms with E-state index in [1.807, 2.05) is 12.1 Å². The van der Waals surface area contributed by atoms with Crippen LogP contribution in [0.3, 0.4) is 0 Å². The lowest BCUT2D eigenvalue weighted by atomic mass is 10.0. The quantitative estimate of drug-likeness (QED) is 0.683. The lowest BCUT2D eigenvalue weighted by Gasteiger charge is -2.05. The fourth-order valence-electron chi connectivity index (χ4n) is 2.35. The van der Waals surface area contributed by atoms with Crippen molar-refractivity contribution in [2.75, 3.05) is 5.73 Å². The number of benzene rings is 1. The van der Waals surface area contributed by atoms with E-state index >= 15 is 0 Å². The Hall–Kier alpha value is -2.00. The molecule has 0 aliphatic carbocycles. The third kappa shape index (κ3) is 1.87. The van der Waals surface area contributed by atoms with Gasteiger partial charge in [0.15, 0.2) is 0 Å². The van der Waals surface area contributed by atoms with Gasteiger partial charge in [-0.2, -0.15) is 0 Å². The average molecular weight is 272 g/mol. The lowest BCUT2D eigenvalue weighted by Crippen LogP contribution is -1.96. The number of nitrogens with two attached hydrogens (primary N) is 1. The van der Waals surface area contributed by atoms with Gasteiger partial charge in [-0.3, -0.25) is 4.40 Å². The Labute approximate surface area is 116 Å². The SMILES string of the molecule is Cc1ccc(-c2nc3cccc(Cl)n3c2N)c(C)c1. The van der Waals surface area contributed by atoms with Gasteiger partial charge in [-0.05, 0) is 31.5 Å². The van der Waals surface area contributed by atoms with Gasteiger partial charge in [0.2, 0.25) is 0 Å². The van der Waals surface area contributed by atoms with Gasteiger partial charge in [0, 0.05) is 5.56 Å². The Morgan fingerprint density at radius 3 is 2.63 bits per heavy atom. The fraction of sp³-hybridized carbons (Fsp3) is 0.133. The Bertz CT molecular complexity index is 774. The maximum absolute atomic E-state index is 6.19. The molecule has 0 fully saturated rings. The van der Waals surface area contributed by atoms with Crippen LogP contribution in [-0.2, 0) is 0 Å². The summed E-state index contributed by atoms with van der Waals surface area (Å²) in [6.07, 6.45) is 0. The Morgan fingerprint density at radius 1 is 1.16 bits per heavy atom. The van der Waals surface area contributed by atoms with E-state index in [1.54, 1.807) is 10.5 Å². The molecular weight excluding hydrogens is 258 g/mol. The van der Waals surface area contributed by atoms with Crippen LogP contribution in [0.5, 0.6) is 0 Å². The zero-order valence-electron chi connectivity index (χ0n) is 10.8. The molecule has 2 aromatic heterocycles. The van der Waals surface area contributed by atoms with E-state index in [-0.39, 0.29) is 0 Å². The first-order valence-electron chi connectivity index (χ1n) is 6.08. The van der Waals surface area contributed by atoms with E-state index in [1.165, 1.54) is 5.56 Å². The largest absolute Gasteiger partial charge is 0.383 e. The molecule has 1 aromatic carbocycles. The van der Waals surface area contributed by atoms with Crippen LogP contribution in [0.25, 0.3) is 16.9 Å². The molecule has 0 aliphatic heterocycles. The monoisotopic (exact) mass is 271 g/mol. The van der Waals surface area contributed by atoms with Crippen molar-refractivity contribution in [3.63, 3.8) is 0 Å². The molecular formula is C15H14ClN3. The first-order valence-corrected chi connectivity index (χ1v) is 6.46. The second-order valence-electron chi connectivity index (χ2n) is 4.71. The molecule has 19 heavy (non-hydrogen) atoms. The number of hydrogen-bond acceptors (Lipinski definition) is 2. The van der Waals surface area contributed by atoms with Crippen LogP contribution < -0.4 is 5.73 Å². The molecule has 0 atom stereocenters. The normalized spacial score (nSPS) is 11.1. The van der Waals surface area contributed by atoms with Gasteiger partial charge in [0.05, 0.1) is 0 Å². The van der Waals surface area contributed by atoms with Gasteiger partial charge in [0.25, 0.3) is 0 Å². The summed E-state index contributed by atoms with van der Waals surface area (Å²) in [4.78, 5) is 4.59. The first kappa shape index (κ1) is 12.1.